The van der Waals surface area contributed by atoms with Crippen LogP contribution < -0.4 is 5.32 Å². The first-order chi connectivity index (χ1) is 14.7. The fourth-order valence-electron chi connectivity index (χ4n) is 5.82. The van der Waals surface area contributed by atoms with Gasteiger partial charge in [-0.3, -0.25) is 4.79 Å². The maximum absolute atomic E-state index is 13.5. The highest BCUT2D eigenvalue weighted by Crippen LogP contribution is 2.43. The van der Waals surface area contributed by atoms with Gasteiger partial charge in [0.15, 0.2) is 8.24 Å². The number of rotatable bonds is 5. The van der Waals surface area contributed by atoms with Crippen molar-refractivity contribution in [3.63, 3.8) is 0 Å². The predicted octanol–water partition coefficient (Wildman–Crippen LogP) is 6.43. The fraction of sp³-hybridized carbons (Fsp3) is 0.400. The Labute approximate surface area is 184 Å². The summed E-state index contributed by atoms with van der Waals surface area (Å²) in [5.41, 5.74) is 5.67. The summed E-state index contributed by atoms with van der Waals surface area (Å²) in [6.45, 7) is 14.5. The van der Waals surface area contributed by atoms with Crippen LogP contribution in [0.4, 0.5) is 10.1 Å². The van der Waals surface area contributed by atoms with Crippen LogP contribution in [0, 0.1) is 5.82 Å². The van der Waals surface area contributed by atoms with Crippen molar-refractivity contribution in [1.29, 1.82) is 0 Å². The number of anilines is 1. The van der Waals surface area contributed by atoms with Gasteiger partial charge < -0.3 is 14.3 Å². The van der Waals surface area contributed by atoms with Crippen LogP contribution in [0.15, 0.2) is 48.5 Å². The molecular weight excluding hydrogens is 407 g/mol. The molecule has 31 heavy (non-hydrogen) atoms. The van der Waals surface area contributed by atoms with Gasteiger partial charge in [-0.05, 0) is 58.7 Å². The molecular formula is C25H31FN2O2Si. The van der Waals surface area contributed by atoms with Gasteiger partial charge in [0.25, 0.3) is 5.91 Å². The molecule has 0 saturated heterocycles. The molecule has 2 aliphatic heterocycles. The van der Waals surface area contributed by atoms with Crippen molar-refractivity contribution in [3.05, 3.63) is 65.4 Å². The van der Waals surface area contributed by atoms with Crippen LogP contribution in [-0.4, -0.2) is 25.0 Å². The third-order valence-corrected chi connectivity index (χ3v) is 13.7. The number of amides is 1. The van der Waals surface area contributed by atoms with Crippen molar-refractivity contribution < 1.29 is 13.9 Å². The number of aromatic nitrogens is 1. The normalized spacial score (nSPS) is 18.6. The van der Waals surface area contributed by atoms with E-state index in [1.165, 1.54) is 12.1 Å². The summed E-state index contributed by atoms with van der Waals surface area (Å²) in [6, 6.07) is 6.50. The lowest BCUT2D eigenvalue weighted by molar-refractivity contribution is -0.110. The molecule has 0 unspecified atom stereocenters. The van der Waals surface area contributed by atoms with Crippen molar-refractivity contribution in [3.8, 4) is 0 Å². The summed E-state index contributed by atoms with van der Waals surface area (Å²) < 4.78 is 22.0. The number of benzene rings is 1. The molecule has 0 bridgehead atoms. The molecule has 0 radical (unpaired) electrons. The number of nitrogens with one attached hydrogen (secondary N) is 1. The summed E-state index contributed by atoms with van der Waals surface area (Å²) in [4.78, 5) is 12.5. The molecule has 0 fully saturated rings. The highest BCUT2D eigenvalue weighted by molar-refractivity contribution is 6.82. The van der Waals surface area contributed by atoms with E-state index in [-0.39, 0.29) is 11.7 Å². The summed E-state index contributed by atoms with van der Waals surface area (Å²) in [7, 11) is -1.80. The van der Waals surface area contributed by atoms with Gasteiger partial charge in [0, 0.05) is 17.3 Å². The number of hydrogen-bond acceptors (Lipinski definition) is 2. The Morgan fingerprint density at radius 1 is 1.06 bits per heavy atom. The van der Waals surface area contributed by atoms with E-state index in [9.17, 15) is 9.18 Å². The first-order valence-corrected chi connectivity index (χ1v) is 13.2. The zero-order chi connectivity index (χ0) is 22.5. The summed E-state index contributed by atoms with van der Waals surface area (Å²) >= 11 is 0. The molecule has 2 aromatic rings. The smallest absolute Gasteiger partial charge is 0.260 e. The highest BCUT2D eigenvalue weighted by atomic mass is 28.3. The topological polar surface area (TPSA) is 43.3 Å². The maximum Gasteiger partial charge on any atom is 0.260 e. The second-order valence-corrected chi connectivity index (χ2v) is 15.3. The Morgan fingerprint density at radius 3 is 2.39 bits per heavy atom. The number of carbonyl (C=O) groups excluding carboxylic acids is 1. The molecule has 6 heteroatoms. The van der Waals surface area contributed by atoms with Crippen LogP contribution in [-0.2, 0) is 9.53 Å². The van der Waals surface area contributed by atoms with Crippen molar-refractivity contribution >= 4 is 31.0 Å². The van der Waals surface area contributed by atoms with Crippen molar-refractivity contribution in [2.45, 2.75) is 58.2 Å². The molecule has 1 N–H and O–H groups in total. The minimum absolute atomic E-state index is 0.253. The van der Waals surface area contributed by atoms with Gasteiger partial charge in [0.1, 0.15) is 18.2 Å². The number of carbonyl (C=O) groups is 1. The summed E-state index contributed by atoms with van der Waals surface area (Å²) in [6.07, 6.45) is 6.46. The van der Waals surface area contributed by atoms with Crippen molar-refractivity contribution in [2.75, 3.05) is 11.9 Å². The van der Waals surface area contributed by atoms with Crippen LogP contribution in [0.1, 0.15) is 52.7 Å². The van der Waals surface area contributed by atoms with Gasteiger partial charge in [-0.25, -0.2) is 4.39 Å². The van der Waals surface area contributed by atoms with Gasteiger partial charge >= 0.3 is 0 Å². The minimum Gasteiger partial charge on any atom is -0.488 e. The van der Waals surface area contributed by atoms with Crippen molar-refractivity contribution in [1.82, 2.24) is 4.23 Å². The van der Waals surface area contributed by atoms with E-state index in [0.717, 1.165) is 11.1 Å². The number of halogens is 1. The van der Waals surface area contributed by atoms with Gasteiger partial charge in [0.2, 0.25) is 0 Å². The first kappa shape index (κ1) is 21.6. The molecule has 3 heterocycles. The largest absolute Gasteiger partial charge is 0.488 e. The number of allylic oxidation sites excluding steroid dienone is 1. The van der Waals surface area contributed by atoms with Gasteiger partial charge in [-0.1, -0.05) is 41.5 Å². The lowest BCUT2D eigenvalue weighted by atomic mass is 10.0. The zero-order valence-corrected chi connectivity index (χ0v) is 20.1. The second kappa shape index (κ2) is 7.82. The number of nitrogens with zero attached hydrogens (tertiary/aromatic N) is 1. The number of ether oxygens (including phenoxy) is 1. The Bertz CT molecular complexity index is 1070. The van der Waals surface area contributed by atoms with E-state index in [1.807, 2.05) is 6.08 Å². The third kappa shape index (κ3) is 3.37. The van der Waals surface area contributed by atoms with Gasteiger partial charge in [-0.15, -0.1) is 0 Å². The fourth-order valence-corrected chi connectivity index (χ4v) is 12.3. The zero-order valence-electron chi connectivity index (χ0n) is 19.1. The molecule has 0 atom stereocenters. The quantitative estimate of drug-likeness (QED) is 0.432. The van der Waals surface area contributed by atoms with E-state index in [2.05, 4.69) is 69.6 Å². The average Bonchev–Trinajstić information content (AvgIpc) is 3.38. The van der Waals surface area contributed by atoms with E-state index in [1.54, 1.807) is 6.07 Å². The van der Waals surface area contributed by atoms with Gasteiger partial charge in [0.05, 0.1) is 11.3 Å². The molecule has 1 amide bonds. The molecule has 2 aliphatic rings. The molecule has 4 rings (SSSR count). The van der Waals surface area contributed by atoms with E-state index >= 15 is 0 Å². The van der Waals surface area contributed by atoms with E-state index in [0.29, 0.717) is 45.8 Å². The van der Waals surface area contributed by atoms with Crippen LogP contribution in [0.25, 0.3) is 11.1 Å². The molecule has 1 aromatic heterocycles. The lowest BCUT2D eigenvalue weighted by Crippen LogP contribution is -2.51. The van der Waals surface area contributed by atoms with Crippen molar-refractivity contribution in [2.24, 2.45) is 0 Å². The van der Waals surface area contributed by atoms with E-state index in [4.69, 9.17) is 4.74 Å². The molecule has 1 aromatic carbocycles. The SMILES string of the molecule is CC(C)[Si](C(C)C)(C(C)C)n1ccc(C2=CC(=C3C(=O)Nc4cc(F)ccc43)OC2)c1. The first-order valence-electron chi connectivity index (χ1n) is 11.0. The standard InChI is InChI=1S/C25H31FN2O2Si/c1-15(2)31(16(3)4,17(5)6)28-10-9-18(13-28)19-11-23(30-14-19)24-21-8-7-20(26)12-22(21)27-25(24)29/h7-13,15-17H,14H2,1-6H3,(H,27,29). The molecule has 0 spiro atoms. The molecule has 164 valence electrons. The lowest BCUT2D eigenvalue weighted by Gasteiger charge is -2.44. The monoisotopic (exact) mass is 438 g/mol. The number of fused-ring (bicyclic) bond motifs is 1. The average molecular weight is 439 g/mol. The Balaban J connectivity index is 1.73. The van der Waals surface area contributed by atoms with Crippen LogP contribution in [0.2, 0.25) is 16.6 Å². The third-order valence-electron chi connectivity index (χ3n) is 6.95. The second-order valence-electron chi connectivity index (χ2n) is 9.50. The van der Waals surface area contributed by atoms with Crippen LogP contribution in [0.5, 0.6) is 0 Å². The molecule has 4 nitrogen and oxygen atoms in total. The van der Waals surface area contributed by atoms with Crippen LogP contribution >= 0.6 is 0 Å². The Kier molecular flexibility index (Phi) is 5.46. The van der Waals surface area contributed by atoms with Crippen LogP contribution in [0.3, 0.4) is 0 Å². The molecule has 0 aliphatic carbocycles. The molecule has 0 saturated carbocycles. The van der Waals surface area contributed by atoms with E-state index < -0.39 is 8.24 Å². The Hall–Kier alpha value is -2.60. The number of hydrogen-bond donors (Lipinski definition) is 1. The minimum atomic E-state index is -1.80. The van der Waals surface area contributed by atoms with Gasteiger partial charge in [-0.2, -0.15) is 0 Å². The highest BCUT2D eigenvalue weighted by Gasteiger charge is 2.45. The maximum atomic E-state index is 13.5. The predicted molar refractivity (Wildman–Crippen MR) is 127 cm³/mol. The Morgan fingerprint density at radius 2 is 1.74 bits per heavy atom. The summed E-state index contributed by atoms with van der Waals surface area (Å²) in [5.74, 6) is -0.0782. The summed E-state index contributed by atoms with van der Waals surface area (Å²) in [5, 5.41) is 2.74.